The van der Waals surface area contributed by atoms with Crippen LogP contribution in [0.1, 0.15) is 26.3 Å². The second-order valence-electron chi connectivity index (χ2n) is 8.90. The van der Waals surface area contributed by atoms with E-state index in [1.54, 1.807) is 18.2 Å². The van der Waals surface area contributed by atoms with Crippen LogP contribution in [0.3, 0.4) is 0 Å². The first-order chi connectivity index (χ1) is 14.2. The van der Waals surface area contributed by atoms with E-state index in [0.717, 1.165) is 27.3 Å². The van der Waals surface area contributed by atoms with Crippen molar-refractivity contribution in [3.05, 3.63) is 70.1 Å². The number of rotatable bonds is 3. The molecule has 170 valence electrons. The summed E-state index contributed by atoms with van der Waals surface area (Å²) in [5.74, 6) is 0. The maximum absolute atomic E-state index is 13.9. The van der Waals surface area contributed by atoms with Crippen molar-refractivity contribution in [1.29, 1.82) is 0 Å². The summed E-state index contributed by atoms with van der Waals surface area (Å²) in [6.07, 6.45) is 3.03. The van der Waals surface area contributed by atoms with Crippen molar-refractivity contribution in [3.8, 4) is 11.1 Å². The Hall–Kier alpha value is -1.37. The summed E-state index contributed by atoms with van der Waals surface area (Å²) in [6.45, 7) is 6.15. The minimum atomic E-state index is -1.97. The van der Waals surface area contributed by atoms with E-state index in [-0.39, 0.29) is 57.3 Å². The van der Waals surface area contributed by atoms with Gasteiger partial charge in [0.2, 0.25) is 0 Å². The van der Waals surface area contributed by atoms with Gasteiger partial charge in [-0.05, 0) is 59.9 Å². The van der Waals surface area contributed by atoms with Gasteiger partial charge in [0.25, 0.3) is 6.08 Å². The zero-order chi connectivity index (χ0) is 21.6. The first-order valence-electron chi connectivity index (χ1n) is 10.1. The molecule has 0 atom stereocenters. The van der Waals surface area contributed by atoms with Crippen molar-refractivity contribution in [3.63, 3.8) is 0 Å². The number of halogens is 4. The van der Waals surface area contributed by atoms with Gasteiger partial charge in [0.1, 0.15) is 0 Å². The molecule has 1 aromatic rings. The Morgan fingerprint density at radius 3 is 2.24 bits per heavy atom. The molecule has 4 rings (SSSR count). The molecule has 0 heterocycles. The molecule has 2 nitrogen and oxygen atoms in total. The van der Waals surface area contributed by atoms with Crippen LogP contribution in [0.4, 0.5) is 8.78 Å². The maximum atomic E-state index is 13.9. The van der Waals surface area contributed by atoms with Gasteiger partial charge in [0.05, 0.1) is 5.22 Å². The van der Waals surface area contributed by atoms with Gasteiger partial charge in [0, 0.05) is 18.6 Å². The van der Waals surface area contributed by atoms with E-state index in [0.29, 0.717) is 23.4 Å². The Balaban J connectivity index is 0.00000181. The predicted molar refractivity (Wildman–Crippen MR) is 120 cm³/mol. The number of benzene rings is 1. The molecule has 0 radical (unpaired) electrons. The molecule has 0 saturated heterocycles. The first-order valence-corrected chi connectivity index (χ1v) is 11.7. The topological polar surface area (TPSA) is 20.3 Å². The third-order valence-corrected chi connectivity index (χ3v) is 8.22. The second-order valence-corrected chi connectivity index (χ2v) is 10.7. The number of fused-ring (bicyclic) bond motifs is 5. The molecule has 0 amide bonds. The molecule has 0 aliphatic heterocycles. The summed E-state index contributed by atoms with van der Waals surface area (Å²) in [7, 11) is -0.0738. The Morgan fingerprint density at radius 1 is 1.00 bits per heavy atom. The normalized spacial score (nSPS) is 12.4. The van der Waals surface area contributed by atoms with Crippen LogP contribution in [0, 0.1) is 0 Å². The molecule has 3 aliphatic rings. The van der Waals surface area contributed by atoms with Crippen molar-refractivity contribution in [2.45, 2.75) is 38.8 Å². The average molecular weight is 540 g/mol. The van der Waals surface area contributed by atoms with Crippen molar-refractivity contribution < 1.29 is 59.8 Å². The van der Waals surface area contributed by atoms with Crippen LogP contribution in [0.5, 0.6) is 0 Å². The fourth-order valence-corrected chi connectivity index (χ4v) is 5.79. The number of hydrogen-bond acceptors (Lipinski definition) is 1. The van der Waals surface area contributed by atoms with Gasteiger partial charge in [0.15, 0.2) is 0 Å². The van der Waals surface area contributed by atoms with Gasteiger partial charge in [-0.3, -0.25) is 0 Å². The van der Waals surface area contributed by atoms with Crippen molar-refractivity contribution in [1.82, 2.24) is 4.57 Å². The molecule has 0 spiro atoms. The molecular formula is C25H25Cl2F2NOSiTi+2. The molecule has 0 bridgehead atoms. The van der Waals surface area contributed by atoms with Crippen LogP contribution in [-0.2, 0) is 32.6 Å². The summed E-state index contributed by atoms with van der Waals surface area (Å²) in [6, 6.07) is 13.5. The van der Waals surface area contributed by atoms with Crippen LogP contribution in [-0.4, -0.2) is 26.0 Å². The van der Waals surface area contributed by atoms with E-state index >= 15 is 0 Å². The molecule has 0 fully saturated rings. The third-order valence-electron chi connectivity index (χ3n) is 6.04. The van der Waals surface area contributed by atoms with Gasteiger partial charge >= 0.3 is 30.6 Å². The summed E-state index contributed by atoms with van der Waals surface area (Å²) in [5.41, 5.74) is 3.39. The summed E-state index contributed by atoms with van der Waals surface area (Å²) >= 11 is 0. The fourth-order valence-electron chi connectivity index (χ4n) is 4.17. The summed E-state index contributed by atoms with van der Waals surface area (Å²) in [5, 5.41) is 2.48. The Bertz CT molecular complexity index is 1300. The molecule has 0 N–H and O–H groups in total. The van der Waals surface area contributed by atoms with Crippen LogP contribution >= 0.6 is 0 Å². The molecule has 8 heteroatoms. The van der Waals surface area contributed by atoms with Crippen LogP contribution < -0.4 is 35.3 Å². The van der Waals surface area contributed by atoms with Crippen molar-refractivity contribution in [2.75, 3.05) is 7.05 Å². The van der Waals surface area contributed by atoms with Crippen LogP contribution in [0.15, 0.2) is 54.1 Å². The number of allylic oxidation sites excluding steroid dienone is 2. The van der Waals surface area contributed by atoms with Gasteiger partial charge in [-0.2, -0.15) is 8.78 Å². The average Bonchev–Trinajstić information content (AvgIpc) is 2.90. The quantitative estimate of drug-likeness (QED) is 0.393. The maximum Gasteiger partial charge on any atom is 4.00 e. The van der Waals surface area contributed by atoms with Crippen molar-refractivity contribution in [2.24, 2.45) is 0 Å². The molecule has 0 aromatic heterocycles. The van der Waals surface area contributed by atoms with Crippen LogP contribution in [0.25, 0.3) is 34.1 Å². The van der Waals surface area contributed by atoms with Gasteiger partial charge in [-0.15, -0.1) is 0 Å². The number of hydrogen-bond donors (Lipinski definition) is 0. The Morgan fingerprint density at radius 2 is 1.64 bits per heavy atom. The van der Waals surface area contributed by atoms with E-state index < -0.39 is 14.9 Å². The Kier molecular flexibility index (Phi) is 10.2. The predicted octanol–water partition coefficient (Wildman–Crippen LogP) is -1.13. The molecule has 3 aliphatic carbocycles. The molecular weight excluding hydrogens is 515 g/mol. The largest absolute Gasteiger partial charge is 4.00 e. The molecule has 1 aromatic carbocycles. The minimum absolute atomic E-state index is 0. The molecule has 0 unspecified atom stereocenters. The van der Waals surface area contributed by atoms with E-state index in [1.165, 1.54) is 0 Å². The number of nitrogens with zero attached hydrogens (tertiary/aromatic N) is 1. The molecule has 33 heavy (non-hydrogen) atoms. The zero-order valence-corrected chi connectivity index (χ0v) is 23.1. The van der Waals surface area contributed by atoms with E-state index in [2.05, 4.69) is 20.8 Å². The summed E-state index contributed by atoms with van der Waals surface area (Å²) < 4.78 is 42.7. The van der Waals surface area contributed by atoms with Gasteiger partial charge < -0.3 is 33.8 Å². The third kappa shape index (κ3) is 5.66. The fraction of sp³-hybridized carbons (Fsp3) is 0.280. The Labute approximate surface area is 222 Å². The molecule has 0 saturated carbocycles. The zero-order valence-electron chi connectivity index (χ0n) is 19.0. The standard InChI is InChI=1S/C25H25F2NOSi.2ClH.Ti/c1-25(2,3)28(4)30(29)15-16-12-13-17-8-7-11-20-22(21(17)14-16)18-9-5-6-10-19(18)23(20)24(26)27;;;/h5-13H,14-15H2,1-4H3;2*1H;/q;;;+4/p-2. The second kappa shape index (κ2) is 11.4. The minimum Gasteiger partial charge on any atom is -1.00 e. The van der Waals surface area contributed by atoms with Crippen LogP contribution in [0.2, 0.25) is 6.04 Å². The van der Waals surface area contributed by atoms with E-state index in [4.69, 9.17) is 0 Å². The monoisotopic (exact) mass is 539 g/mol. The van der Waals surface area contributed by atoms with E-state index in [9.17, 15) is 13.2 Å². The van der Waals surface area contributed by atoms with Gasteiger partial charge in [-0.1, -0.05) is 60.2 Å². The summed E-state index contributed by atoms with van der Waals surface area (Å²) in [4.78, 5) is 0. The van der Waals surface area contributed by atoms with Crippen molar-refractivity contribution >= 4 is 31.8 Å². The van der Waals surface area contributed by atoms with Gasteiger partial charge in [-0.25, -0.2) is 0 Å². The SMILES string of the molecule is CN([Si](=O)CC1=CC=c2cccc3c(=C(F)F)c4ccccc4c-3c2C1)C(C)(C)C.[Cl-].[Cl-].[Ti+4]. The smallest absolute Gasteiger partial charge is 1.00 e. The van der Waals surface area contributed by atoms with E-state index in [1.807, 2.05) is 48.0 Å². The first kappa shape index (κ1) is 29.7.